The Morgan fingerprint density at radius 2 is 2.00 bits per heavy atom. The summed E-state index contributed by atoms with van der Waals surface area (Å²) in [7, 11) is 0. The Balaban J connectivity index is 2.55. The minimum Gasteiger partial charge on any atom is -0.481 e. The molecular weight excluding hydrogens is 280 g/mol. The second kappa shape index (κ2) is 7.54. The Bertz CT molecular complexity index is 519. The van der Waals surface area contributed by atoms with Gasteiger partial charge in [-0.2, -0.15) is 0 Å². The van der Waals surface area contributed by atoms with Gasteiger partial charge in [-0.1, -0.05) is 19.1 Å². The number of nitrogens with one attached hydrogen (secondary N) is 1. The maximum atomic E-state index is 11.7. The van der Waals surface area contributed by atoms with Gasteiger partial charge < -0.3 is 16.2 Å². The first-order chi connectivity index (χ1) is 9.40. The van der Waals surface area contributed by atoms with Crippen molar-refractivity contribution < 1.29 is 19.5 Å². The highest BCUT2D eigenvalue weighted by molar-refractivity contribution is 8.00. The third-order valence-corrected chi connectivity index (χ3v) is 3.59. The average Bonchev–Trinajstić information content (AvgIpc) is 2.36. The van der Waals surface area contributed by atoms with Crippen molar-refractivity contribution in [1.29, 1.82) is 0 Å². The molecule has 1 aromatic carbocycles. The molecule has 0 radical (unpaired) electrons. The Hall–Kier alpha value is -2.02. The number of benzene rings is 1. The van der Waals surface area contributed by atoms with Crippen LogP contribution in [0.2, 0.25) is 0 Å². The molecule has 108 valence electrons. The fraction of sp³-hybridized carbons (Fsp3) is 0.308. The average molecular weight is 296 g/mol. The lowest BCUT2D eigenvalue weighted by molar-refractivity contribution is -0.136. The summed E-state index contributed by atoms with van der Waals surface area (Å²) in [6.07, 6.45) is -0.00415. The molecule has 1 rings (SSSR count). The van der Waals surface area contributed by atoms with Gasteiger partial charge in [-0.15, -0.1) is 11.8 Å². The Morgan fingerprint density at radius 1 is 1.35 bits per heavy atom. The molecule has 20 heavy (non-hydrogen) atoms. The van der Waals surface area contributed by atoms with Crippen molar-refractivity contribution in [3.8, 4) is 0 Å². The Morgan fingerprint density at radius 3 is 2.60 bits per heavy atom. The van der Waals surface area contributed by atoms with Crippen LogP contribution in [-0.4, -0.2) is 33.9 Å². The zero-order valence-corrected chi connectivity index (χ0v) is 11.8. The number of rotatable bonds is 7. The van der Waals surface area contributed by atoms with Gasteiger partial charge in [-0.05, 0) is 12.1 Å². The van der Waals surface area contributed by atoms with Gasteiger partial charge in [0.2, 0.25) is 5.91 Å². The number of carboxylic acids is 1. The number of carbonyl (C=O) groups excluding carboxylic acids is 2. The Kier molecular flexibility index (Phi) is 6.05. The first-order valence-electron chi connectivity index (χ1n) is 5.92. The van der Waals surface area contributed by atoms with E-state index < -0.39 is 11.9 Å². The lowest BCUT2D eigenvalue weighted by Crippen LogP contribution is -2.20. The third kappa shape index (κ3) is 5.31. The molecule has 7 heteroatoms. The lowest BCUT2D eigenvalue weighted by Gasteiger charge is -2.10. The third-order valence-electron chi connectivity index (χ3n) is 2.43. The monoisotopic (exact) mass is 296 g/mol. The van der Waals surface area contributed by atoms with Crippen molar-refractivity contribution in [2.45, 2.75) is 18.6 Å². The number of aliphatic carboxylic acids is 1. The summed E-state index contributed by atoms with van der Waals surface area (Å²) >= 11 is 1.24. The van der Waals surface area contributed by atoms with Crippen molar-refractivity contribution in [2.75, 3.05) is 11.1 Å². The molecule has 0 fully saturated rings. The van der Waals surface area contributed by atoms with Gasteiger partial charge in [0, 0.05) is 5.25 Å². The van der Waals surface area contributed by atoms with Crippen LogP contribution in [0.1, 0.15) is 23.7 Å². The van der Waals surface area contributed by atoms with Crippen LogP contribution in [0.25, 0.3) is 0 Å². The number of amides is 2. The summed E-state index contributed by atoms with van der Waals surface area (Å²) in [5, 5.41) is 11.0. The van der Waals surface area contributed by atoms with E-state index in [4.69, 9.17) is 10.8 Å². The molecule has 0 bridgehead atoms. The number of nitrogens with two attached hydrogens (primary N) is 1. The molecule has 0 spiro atoms. The van der Waals surface area contributed by atoms with Gasteiger partial charge in [0.1, 0.15) is 0 Å². The van der Waals surface area contributed by atoms with E-state index in [0.717, 1.165) is 0 Å². The summed E-state index contributed by atoms with van der Waals surface area (Å²) in [5.74, 6) is -1.71. The number of anilines is 1. The summed E-state index contributed by atoms with van der Waals surface area (Å²) in [6.45, 7) is 1.74. The number of thioether (sulfide) groups is 1. The number of para-hydroxylation sites is 1. The highest BCUT2D eigenvalue weighted by Gasteiger charge is 2.13. The van der Waals surface area contributed by atoms with Crippen LogP contribution >= 0.6 is 11.8 Å². The smallest absolute Gasteiger partial charge is 0.304 e. The SMILES string of the molecule is CC(CC(=O)O)SCC(=O)Nc1ccccc1C(N)=O. The van der Waals surface area contributed by atoms with E-state index in [1.807, 2.05) is 0 Å². The van der Waals surface area contributed by atoms with Gasteiger partial charge in [0.15, 0.2) is 0 Å². The van der Waals surface area contributed by atoms with Crippen molar-refractivity contribution in [3.05, 3.63) is 29.8 Å². The second-order valence-electron chi connectivity index (χ2n) is 4.18. The highest BCUT2D eigenvalue weighted by Crippen LogP contribution is 2.17. The molecule has 1 aromatic rings. The van der Waals surface area contributed by atoms with E-state index in [1.54, 1.807) is 25.1 Å². The van der Waals surface area contributed by atoms with Gasteiger partial charge in [0.25, 0.3) is 5.91 Å². The van der Waals surface area contributed by atoms with E-state index >= 15 is 0 Å². The molecule has 0 aliphatic heterocycles. The molecule has 0 aromatic heterocycles. The van der Waals surface area contributed by atoms with E-state index in [2.05, 4.69) is 5.32 Å². The van der Waals surface area contributed by atoms with Gasteiger partial charge in [0.05, 0.1) is 23.4 Å². The lowest BCUT2D eigenvalue weighted by atomic mass is 10.1. The molecule has 0 saturated heterocycles. The van der Waals surface area contributed by atoms with Crippen LogP contribution in [-0.2, 0) is 9.59 Å². The number of hydrogen-bond donors (Lipinski definition) is 3. The number of primary amides is 1. The van der Waals surface area contributed by atoms with Crippen LogP contribution < -0.4 is 11.1 Å². The van der Waals surface area contributed by atoms with Gasteiger partial charge in [-0.3, -0.25) is 14.4 Å². The molecule has 0 heterocycles. The molecule has 0 aliphatic rings. The minimum absolute atomic E-state index is 0.00415. The van der Waals surface area contributed by atoms with Crippen LogP contribution in [0.4, 0.5) is 5.69 Å². The van der Waals surface area contributed by atoms with Gasteiger partial charge >= 0.3 is 5.97 Å². The number of hydrogen-bond acceptors (Lipinski definition) is 4. The van der Waals surface area contributed by atoms with Crippen LogP contribution in [0.5, 0.6) is 0 Å². The fourth-order valence-corrected chi connectivity index (χ4v) is 2.28. The van der Waals surface area contributed by atoms with Crippen molar-refractivity contribution >= 4 is 35.2 Å². The van der Waals surface area contributed by atoms with Crippen LogP contribution in [0.15, 0.2) is 24.3 Å². The fourth-order valence-electron chi connectivity index (χ4n) is 1.52. The van der Waals surface area contributed by atoms with Crippen molar-refractivity contribution in [2.24, 2.45) is 5.73 Å². The molecular formula is C13H16N2O4S. The second-order valence-corrected chi connectivity index (χ2v) is 5.60. The molecule has 0 aliphatic carbocycles. The molecule has 1 atom stereocenters. The maximum absolute atomic E-state index is 11.7. The molecule has 0 saturated carbocycles. The Labute approximate surface area is 120 Å². The van der Waals surface area contributed by atoms with E-state index in [-0.39, 0.29) is 28.9 Å². The molecule has 4 N–H and O–H groups in total. The van der Waals surface area contributed by atoms with Gasteiger partial charge in [-0.25, -0.2) is 0 Å². The first kappa shape index (κ1) is 16.0. The quantitative estimate of drug-likeness (QED) is 0.703. The zero-order chi connectivity index (χ0) is 15.1. The predicted octanol–water partition coefficient (Wildman–Crippen LogP) is 1.32. The van der Waals surface area contributed by atoms with Crippen LogP contribution in [0.3, 0.4) is 0 Å². The summed E-state index contributed by atoms with van der Waals surface area (Å²) < 4.78 is 0. The molecule has 6 nitrogen and oxygen atoms in total. The summed E-state index contributed by atoms with van der Waals surface area (Å²) in [5.41, 5.74) is 5.80. The van der Waals surface area contributed by atoms with E-state index in [0.29, 0.717) is 5.69 Å². The summed E-state index contributed by atoms with van der Waals surface area (Å²) in [4.78, 5) is 33.4. The van der Waals surface area contributed by atoms with E-state index in [1.165, 1.54) is 17.8 Å². The minimum atomic E-state index is -0.899. The standard InChI is InChI=1S/C13H16N2O4S/c1-8(6-12(17)18)20-7-11(16)15-10-5-3-2-4-9(10)13(14)19/h2-5,8H,6-7H2,1H3,(H2,14,19)(H,15,16)(H,17,18). The highest BCUT2D eigenvalue weighted by atomic mass is 32.2. The van der Waals surface area contributed by atoms with Crippen molar-refractivity contribution in [1.82, 2.24) is 0 Å². The van der Waals surface area contributed by atoms with Crippen LogP contribution in [0, 0.1) is 0 Å². The first-order valence-corrected chi connectivity index (χ1v) is 6.97. The summed E-state index contributed by atoms with van der Waals surface area (Å²) in [6, 6.07) is 6.45. The van der Waals surface area contributed by atoms with Crippen molar-refractivity contribution in [3.63, 3.8) is 0 Å². The number of carboxylic acid groups (broad SMARTS) is 1. The molecule has 2 amide bonds. The normalized spacial score (nSPS) is 11.7. The van der Waals surface area contributed by atoms with E-state index in [9.17, 15) is 14.4 Å². The zero-order valence-electron chi connectivity index (χ0n) is 11.0. The maximum Gasteiger partial charge on any atom is 0.304 e. The predicted molar refractivity (Wildman–Crippen MR) is 77.8 cm³/mol. The topological polar surface area (TPSA) is 109 Å². The molecule has 1 unspecified atom stereocenters. The largest absolute Gasteiger partial charge is 0.481 e. The number of carbonyl (C=O) groups is 3.